The zero-order valence-electron chi connectivity index (χ0n) is 27.5. The number of hydrogen-bond donors (Lipinski definition) is 3. The third-order valence-electron chi connectivity index (χ3n) is 10.3. The third kappa shape index (κ3) is 6.88. The van der Waals surface area contributed by atoms with Gasteiger partial charge >= 0.3 is 11.4 Å². The van der Waals surface area contributed by atoms with E-state index in [4.69, 9.17) is 4.42 Å². The third-order valence-corrected chi connectivity index (χ3v) is 10.3. The van der Waals surface area contributed by atoms with E-state index >= 15 is 0 Å². The van der Waals surface area contributed by atoms with E-state index in [9.17, 15) is 19.2 Å². The number of benzene rings is 2. The van der Waals surface area contributed by atoms with E-state index in [-0.39, 0.29) is 30.0 Å². The van der Waals surface area contributed by atoms with E-state index < -0.39 is 11.7 Å². The normalized spacial score (nSPS) is 19.2. The lowest BCUT2D eigenvalue weighted by atomic mass is 9.92. The van der Waals surface area contributed by atoms with Crippen LogP contribution in [0, 0.1) is 12.8 Å². The van der Waals surface area contributed by atoms with Crippen molar-refractivity contribution in [1.82, 2.24) is 39.8 Å². The van der Waals surface area contributed by atoms with E-state index in [1.165, 1.54) is 4.68 Å². The van der Waals surface area contributed by atoms with Gasteiger partial charge in [-0.05, 0) is 69.3 Å². The summed E-state index contributed by atoms with van der Waals surface area (Å²) < 4.78 is 6.86. The molecule has 0 aliphatic carbocycles. The summed E-state index contributed by atoms with van der Waals surface area (Å²) in [6.45, 7) is 7.90. The first-order chi connectivity index (χ1) is 23.3. The molecule has 3 saturated heterocycles. The van der Waals surface area contributed by atoms with E-state index in [0.717, 1.165) is 55.7 Å². The molecule has 1 atom stereocenters. The van der Waals surface area contributed by atoms with Crippen LogP contribution in [0.2, 0.25) is 0 Å². The van der Waals surface area contributed by atoms with Crippen molar-refractivity contribution in [3.05, 3.63) is 74.6 Å². The van der Waals surface area contributed by atoms with Gasteiger partial charge in [-0.15, -0.1) is 5.10 Å². The first-order valence-corrected chi connectivity index (χ1v) is 17.2. The van der Waals surface area contributed by atoms with Gasteiger partial charge in [0.2, 0.25) is 11.8 Å². The van der Waals surface area contributed by atoms with Crippen LogP contribution >= 0.6 is 0 Å². The van der Waals surface area contributed by atoms with Crippen LogP contribution < -0.4 is 16.8 Å². The average molecular weight is 657 g/mol. The van der Waals surface area contributed by atoms with Gasteiger partial charge in [-0.25, -0.2) is 14.3 Å². The monoisotopic (exact) mass is 656 g/mol. The number of rotatable bonds is 8. The van der Waals surface area contributed by atoms with Crippen molar-refractivity contribution in [1.29, 1.82) is 0 Å². The van der Waals surface area contributed by atoms with E-state index in [1.54, 1.807) is 6.07 Å². The fourth-order valence-corrected chi connectivity index (χ4v) is 7.69. The lowest BCUT2D eigenvalue weighted by Crippen LogP contribution is -2.55. The standard InChI is InChI=1S/C35H44N8O5/c1-23-19-24(21-29-31(23)37-35(47)48-29)20-26(33(45)42-17-15-40(16-18-42)27-7-11-36-12-8-27)22-30(44)41-13-9-28(10-14-41)43-34(46)38-32(39-43)25-5-3-2-4-6-25/h2-6,19,21,26-28,36H,7-18,20,22H2,1H3,(H,37,47)(H,38,39,46). The number of hydrogen-bond acceptors (Lipinski definition) is 8. The number of fused-ring (bicyclic) bond motifs is 1. The van der Waals surface area contributed by atoms with Crippen LogP contribution in [0.3, 0.4) is 0 Å². The van der Waals surface area contributed by atoms with Crippen LogP contribution in [0.4, 0.5) is 0 Å². The van der Waals surface area contributed by atoms with Gasteiger partial charge in [0.25, 0.3) is 0 Å². The Morgan fingerprint density at radius 1 is 0.896 bits per heavy atom. The highest BCUT2D eigenvalue weighted by Crippen LogP contribution is 2.27. The Kier molecular flexibility index (Phi) is 9.31. The highest BCUT2D eigenvalue weighted by atomic mass is 16.4. The number of nitrogens with zero attached hydrogens (tertiary/aromatic N) is 5. The molecule has 1 unspecified atom stereocenters. The van der Waals surface area contributed by atoms with E-state index in [1.807, 2.05) is 53.1 Å². The molecule has 0 saturated carbocycles. The van der Waals surface area contributed by atoms with Crippen LogP contribution in [0.1, 0.15) is 49.3 Å². The number of oxazole rings is 1. The summed E-state index contributed by atoms with van der Waals surface area (Å²) in [5.74, 6) is -0.607. The van der Waals surface area contributed by atoms with E-state index in [0.29, 0.717) is 68.4 Å². The average Bonchev–Trinajstić information content (AvgIpc) is 3.70. The molecule has 4 aromatic rings. The number of piperazine rings is 1. The van der Waals surface area contributed by atoms with Crippen molar-refractivity contribution in [3.63, 3.8) is 0 Å². The number of amides is 2. The SMILES string of the molecule is Cc1cc(CC(CC(=O)N2CCC(n3nc(-c4ccccc4)[nH]c3=O)CC2)C(=O)N2CCN(C3CCNCC3)CC2)cc2oc(=O)[nH]c12. The molecule has 48 heavy (non-hydrogen) atoms. The summed E-state index contributed by atoms with van der Waals surface area (Å²) in [7, 11) is 0. The first kappa shape index (κ1) is 32.1. The van der Waals surface area contributed by atoms with E-state index in [2.05, 4.69) is 25.3 Å². The summed E-state index contributed by atoms with van der Waals surface area (Å²) in [6, 6.07) is 13.7. The zero-order valence-corrected chi connectivity index (χ0v) is 27.5. The van der Waals surface area contributed by atoms with Crippen molar-refractivity contribution in [2.75, 3.05) is 52.4 Å². The number of piperidine rings is 2. The second-order valence-electron chi connectivity index (χ2n) is 13.4. The summed E-state index contributed by atoms with van der Waals surface area (Å²) in [5, 5.41) is 8.00. The second-order valence-corrected chi connectivity index (χ2v) is 13.4. The number of aromatic nitrogens is 4. The van der Waals surface area contributed by atoms with Crippen molar-refractivity contribution in [2.45, 2.75) is 57.5 Å². The molecule has 0 bridgehead atoms. The minimum absolute atomic E-state index is 0.00650. The maximum absolute atomic E-state index is 14.1. The molecule has 0 radical (unpaired) electrons. The number of aryl methyl sites for hydroxylation is 1. The van der Waals surface area contributed by atoms with Gasteiger partial charge in [0.1, 0.15) is 0 Å². The quantitative estimate of drug-likeness (QED) is 0.261. The Labute approximate surface area is 278 Å². The number of carbonyl (C=O) groups excluding carboxylic acids is 2. The van der Waals surface area contributed by atoms with Gasteiger partial charge in [0.15, 0.2) is 11.4 Å². The number of carbonyl (C=O) groups is 2. The summed E-state index contributed by atoms with van der Waals surface area (Å²) in [4.78, 5) is 64.5. The minimum Gasteiger partial charge on any atom is -0.408 e. The van der Waals surface area contributed by atoms with Crippen LogP contribution in [-0.4, -0.2) is 105 Å². The summed E-state index contributed by atoms with van der Waals surface area (Å²) >= 11 is 0. The lowest BCUT2D eigenvalue weighted by Gasteiger charge is -2.41. The number of nitrogens with one attached hydrogen (secondary N) is 3. The number of aromatic amines is 2. The molecule has 3 fully saturated rings. The van der Waals surface area contributed by atoms with Crippen LogP contribution in [-0.2, 0) is 16.0 Å². The predicted molar refractivity (Wildman–Crippen MR) is 181 cm³/mol. The van der Waals surface area contributed by atoms with Crippen molar-refractivity contribution in [2.24, 2.45) is 5.92 Å². The predicted octanol–water partition coefficient (Wildman–Crippen LogP) is 2.29. The highest BCUT2D eigenvalue weighted by molar-refractivity contribution is 5.86. The minimum atomic E-state index is -0.550. The van der Waals surface area contributed by atoms with Crippen molar-refractivity contribution >= 4 is 22.9 Å². The van der Waals surface area contributed by atoms with Gasteiger partial charge in [0, 0.05) is 57.3 Å². The topological polar surface area (TPSA) is 153 Å². The Hall–Kier alpha value is -4.49. The molecule has 254 valence electrons. The smallest absolute Gasteiger partial charge is 0.408 e. The zero-order chi connectivity index (χ0) is 33.2. The Balaban J connectivity index is 1.03. The molecule has 0 spiro atoms. The van der Waals surface area contributed by atoms with Gasteiger partial charge in [-0.1, -0.05) is 36.4 Å². The molecule has 5 heterocycles. The maximum atomic E-state index is 14.1. The molecule has 3 aliphatic rings. The van der Waals surface area contributed by atoms with Crippen LogP contribution in [0.5, 0.6) is 0 Å². The molecule has 7 rings (SSSR count). The van der Waals surface area contributed by atoms with Gasteiger partial charge in [-0.2, -0.15) is 0 Å². The number of likely N-dealkylation sites (tertiary alicyclic amines) is 1. The maximum Gasteiger partial charge on any atom is 0.417 e. The molecule has 13 heteroatoms. The Morgan fingerprint density at radius 2 is 1.62 bits per heavy atom. The summed E-state index contributed by atoms with van der Waals surface area (Å²) in [6.07, 6.45) is 3.91. The fourth-order valence-electron chi connectivity index (χ4n) is 7.69. The van der Waals surface area contributed by atoms with Gasteiger partial charge in [0.05, 0.1) is 17.5 Å². The van der Waals surface area contributed by atoms with Crippen molar-refractivity contribution in [3.8, 4) is 11.4 Å². The molecular formula is C35H44N8O5. The Morgan fingerprint density at radius 3 is 2.35 bits per heavy atom. The van der Waals surface area contributed by atoms with Gasteiger partial charge in [-0.3, -0.25) is 24.5 Å². The van der Waals surface area contributed by atoms with Crippen LogP contribution in [0.25, 0.3) is 22.5 Å². The fraction of sp³-hybridized carbons (Fsp3) is 0.514. The second kappa shape index (κ2) is 13.9. The molecule has 3 N–H and O–H groups in total. The van der Waals surface area contributed by atoms with Crippen LogP contribution in [0.15, 0.2) is 56.5 Å². The van der Waals surface area contributed by atoms with Crippen molar-refractivity contribution < 1.29 is 14.0 Å². The molecule has 2 amide bonds. The summed E-state index contributed by atoms with van der Waals surface area (Å²) in [5.41, 5.74) is 3.40. The Bertz CT molecular complexity index is 1850. The molecule has 13 nitrogen and oxygen atoms in total. The van der Waals surface area contributed by atoms with Gasteiger partial charge < -0.3 is 19.5 Å². The number of H-pyrrole nitrogens is 2. The molecule has 2 aromatic heterocycles. The highest BCUT2D eigenvalue weighted by Gasteiger charge is 2.34. The molecule has 3 aliphatic heterocycles. The lowest BCUT2D eigenvalue weighted by molar-refractivity contribution is -0.143. The molecule has 2 aromatic carbocycles. The first-order valence-electron chi connectivity index (χ1n) is 17.2. The largest absolute Gasteiger partial charge is 0.417 e. The molecular weight excluding hydrogens is 612 g/mol.